The highest BCUT2D eigenvalue weighted by Crippen LogP contribution is 2.72. The Kier molecular flexibility index (Phi) is 3.62. The molecule has 1 fully saturated rings. The molecular formula is C15H20F4N2. The summed E-state index contributed by atoms with van der Waals surface area (Å²) in [6.07, 6.45) is -4.71. The topological polar surface area (TPSA) is 38.0 Å². The number of nitrogens with two attached hydrogens (primary N) is 1. The molecule has 1 atom stereocenters. The van der Waals surface area contributed by atoms with E-state index in [1.807, 2.05) is 0 Å². The maximum atomic E-state index is 13.4. The van der Waals surface area contributed by atoms with Gasteiger partial charge in [-0.05, 0) is 34.4 Å². The van der Waals surface area contributed by atoms with Gasteiger partial charge in [0, 0.05) is 6.04 Å². The first-order valence-electron chi connectivity index (χ1n) is 6.77. The fourth-order valence-corrected chi connectivity index (χ4v) is 3.42. The van der Waals surface area contributed by atoms with E-state index in [0.29, 0.717) is 5.56 Å². The second-order valence-corrected chi connectivity index (χ2v) is 6.80. The van der Waals surface area contributed by atoms with Crippen molar-refractivity contribution in [2.75, 3.05) is 0 Å². The molecule has 2 nitrogen and oxygen atoms in total. The average Bonchev–Trinajstić information content (AvgIpc) is 2.73. The summed E-state index contributed by atoms with van der Waals surface area (Å²) >= 11 is 0. The maximum absolute atomic E-state index is 13.4. The highest BCUT2D eigenvalue weighted by molar-refractivity contribution is 5.33. The van der Waals surface area contributed by atoms with Crippen LogP contribution in [-0.2, 0) is 6.18 Å². The number of hydrazine groups is 1. The number of alkyl halides is 3. The van der Waals surface area contributed by atoms with Crippen molar-refractivity contribution in [1.82, 2.24) is 5.43 Å². The minimum Gasteiger partial charge on any atom is -0.271 e. The Bertz CT molecular complexity index is 535. The molecule has 1 aliphatic rings. The van der Waals surface area contributed by atoms with E-state index in [2.05, 4.69) is 33.1 Å². The van der Waals surface area contributed by atoms with Crippen molar-refractivity contribution in [1.29, 1.82) is 0 Å². The number of hydrogen-bond acceptors (Lipinski definition) is 2. The van der Waals surface area contributed by atoms with Crippen molar-refractivity contribution in [2.24, 2.45) is 22.6 Å². The summed E-state index contributed by atoms with van der Waals surface area (Å²) < 4.78 is 51.9. The van der Waals surface area contributed by atoms with Crippen LogP contribution in [0.5, 0.6) is 0 Å². The lowest BCUT2D eigenvalue weighted by atomic mass is 9.95. The van der Waals surface area contributed by atoms with Gasteiger partial charge in [0.2, 0.25) is 0 Å². The lowest BCUT2D eigenvalue weighted by molar-refractivity contribution is -0.140. The molecule has 1 aromatic rings. The zero-order valence-corrected chi connectivity index (χ0v) is 12.5. The number of nitrogens with one attached hydrogen (secondary N) is 1. The lowest BCUT2D eigenvalue weighted by Crippen LogP contribution is -2.31. The van der Waals surface area contributed by atoms with Gasteiger partial charge in [0.1, 0.15) is 5.82 Å². The molecule has 0 aliphatic heterocycles. The summed E-state index contributed by atoms with van der Waals surface area (Å²) in [7, 11) is 0. The first-order valence-corrected chi connectivity index (χ1v) is 6.77. The third-order valence-corrected chi connectivity index (χ3v) is 5.30. The fourth-order valence-electron chi connectivity index (χ4n) is 3.42. The standard InChI is InChI=1S/C15H20F4N2/c1-13(2)12(14(13,3)4)11(21-20)8-5-6-10(16)9(7-8)15(17,18)19/h5-7,11-12,21H,20H2,1-4H3. The van der Waals surface area contributed by atoms with Gasteiger partial charge in [0.25, 0.3) is 0 Å². The Morgan fingerprint density at radius 2 is 1.67 bits per heavy atom. The highest BCUT2D eigenvalue weighted by atomic mass is 19.4. The lowest BCUT2D eigenvalue weighted by Gasteiger charge is -2.20. The van der Waals surface area contributed by atoms with E-state index in [4.69, 9.17) is 5.84 Å². The summed E-state index contributed by atoms with van der Waals surface area (Å²) in [4.78, 5) is 0. The number of rotatable bonds is 3. The molecule has 0 bridgehead atoms. The fraction of sp³-hybridized carbons (Fsp3) is 0.600. The van der Waals surface area contributed by atoms with Crippen LogP contribution in [0.3, 0.4) is 0 Å². The summed E-state index contributed by atoms with van der Waals surface area (Å²) in [6, 6.07) is 2.62. The largest absolute Gasteiger partial charge is 0.419 e. The van der Waals surface area contributed by atoms with E-state index < -0.39 is 23.6 Å². The Morgan fingerprint density at radius 1 is 1.14 bits per heavy atom. The predicted molar refractivity (Wildman–Crippen MR) is 72.5 cm³/mol. The molecule has 1 unspecified atom stereocenters. The van der Waals surface area contributed by atoms with Crippen molar-refractivity contribution < 1.29 is 17.6 Å². The van der Waals surface area contributed by atoms with Crippen molar-refractivity contribution in [2.45, 2.75) is 39.9 Å². The zero-order chi connectivity index (χ0) is 16.2. The van der Waals surface area contributed by atoms with Crippen molar-refractivity contribution in [3.8, 4) is 0 Å². The molecular weight excluding hydrogens is 284 g/mol. The van der Waals surface area contributed by atoms with Gasteiger partial charge in [0.05, 0.1) is 5.56 Å². The Balaban J connectivity index is 2.42. The molecule has 118 valence electrons. The van der Waals surface area contributed by atoms with E-state index in [-0.39, 0.29) is 16.7 Å². The normalized spacial score (nSPS) is 22.1. The molecule has 21 heavy (non-hydrogen) atoms. The Labute approximate surface area is 121 Å². The van der Waals surface area contributed by atoms with Gasteiger partial charge in [0.15, 0.2) is 0 Å². The third-order valence-electron chi connectivity index (χ3n) is 5.30. The first kappa shape index (κ1) is 16.2. The van der Waals surface area contributed by atoms with Crippen LogP contribution in [-0.4, -0.2) is 0 Å². The molecule has 6 heteroatoms. The van der Waals surface area contributed by atoms with Crippen molar-refractivity contribution in [3.05, 3.63) is 35.1 Å². The van der Waals surface area contributed by atoms with Crippen LogP contribution in [0.1, 0.15) is 44.9 Å². The third kappa shape index (κ3) is 2.44. The average molecular weight is 304 g/mol. The molecule has 0 spiro atoms. The van der Waals surface area contributed by atoms with Gasteiger partial charge >= 0.3 is 6.18 Å². The smallest absolute Gasteiger partial charge is 0.271 e. The zero-order valence-electron chi connectivity index (χ0n) is 12.5. The number of halogens is 4. The van der Waals surface area contributed by atoms with Crippen LogP contribution in [0, 0.1) is 22.6 Å². The van der Waals surface area contributed by atoms with E-state index in [1.165, 1.54) is 6.07 Å². The highest BCUT2D eigenvalue weighted by Gasteiger charge is 2.67. The molecule has 1 saturated carbocycles. The summed E-state index contributed by atoms with van der Waals surface area (Å²) in [5.74, 6) is 4.36. The summed E-state index contributed by atoms with van der Waals surface area (Å²) in [6.45, 7) is 8.21. The summed E-state index contributed by atoms with van der Waals surface area (Å²) in [5.41, 5.74) is 1.59. The maximum Gasteiger partial charge on any atom is 0.419 e. The summed E-state index contributed by atoms with van der Waals surface area (Å²) in [5, 5.41) is 0. The number of hydrogen-bond donors (Lipinski definition) is 2. The molecule has 1 aromatic carbocycles. The minimum atomic E-state index is -4.71. The molecule has 0 saturated heterocycles. The SMILES string of the molecule is CC1(C)C(C(NN)c2ccc(F)c(C(F)(F)F)c2)C1(C)C. The quantitative estimate of drug-likeness (QED) is 0.502. The van der Waals surface area contributed by atoms with E-state index in [1.54, 1.807) is 0 Å². The van der Waals surface area contributed by atoms with Crippen LogP contribution >= 0.6 is 0 Å². The monoisotopic (exact) mass is 304 g/mol. The van der Waals surface area contributed by atoms with Crippen molar-refractivity contribution >= 4 is 0 Å². The molecule has 3 N–H and O–H groups in total. The van der Waals surface area contributed by atoms with Crippen LogP contribution in [0.25, 0.3) is 0 Å². The van der Waals surface area contributed by atoms with E-state index in [0.717, 1.165) is 12.1 Å². The Hall–Kier alpha value is -1.14. The molecule has 0 radical (unpaired) electrons. The van der Waals surface area contributed by atoms with Crippen LogP contribution in [0.2, 0.25) is 0 Å². The van der Waals surface area contributed by atoms with Crippen LogP contribution in [0.4, 0.5) is 17.6 Å². The predicted octanol–water partition coefficient (Wildman–Crippen LogP) is 4.03. The van der Waals surface area contributed by atoms with E-state index in [9.17, 15) is 17.6 Å². The molecule has 0 aromatic heterocycles. The van der Waals surface area contributed by atoms with E-state index >= 15 is 0 Å². The van der Waals surface area contributed by atoms with Gasteiger partial charge in [-0.25, -0.2) is 4.39 Å². The van der Waals surface area contributed by atoms with Crippen LogP contribution in [0.15, 0.2) is 18.2 Å². The van der Waals surface area contributed by atoms with Gasteiger partial charge in [-0.15, -0.1) is 0 Å². The van der Waals surface area contributed by atoms with Crippen molar-refractivity contribution in [3.63, 3.8) is 0 Å². The molecule has 0 amide bonds. The Morgan fingerprint density at radius 3 is 2.05 bits per heavy atom. The number of benzene rings is 1. The molecule has 1 aliphatic carbocycles. The van der Waals surface area contributed by atoms with Gasteiger partial charge < -0.3 is 0 Å². The van der Waals surface area contributed by atoms with Gasteiger partial charge in [-0.3, -0.25) is 11.3 Å². The molecule has 2 rings (SSSR count). The van der Waals surface area contributed by atoms with Gasteiger partial charge in [-0.2, -0.15) is 13.2 Å². The second-order valence-electron chi connectivity index (χ2n) is 6.80. The molecule has 0 heterocycles. The van der Waals surface area contributed by atoms with Crippen LogP contribution < -0.4 is 11.3 Å². The van der Waals surface area contributed by atoms with Gasteiger partial charge in [-0.1, -0.05) is 33.8 Å². The first-order chi connectivity index (χ1) is 9.44. The second kappa shape index (κ2) is 4.68. The minimum absolute atomic E-state index is 0.0587.